The van der Waals surface area contributed by atoms with Crippen molar-refractivity contribution >= 4 is 7.51 Å². The zero-order valence-electron chi connectivity index (χ0n) is 8.37. The molecule has 0 aliphatic carbocycles. The summed E-state index contributed by atoms with van der Waals surface area (Å²) in [4.78, 5) is 0. The van der Waals surface area contributed by atoms with Crippen molar-refractivity contribution in [1.82, 2.24) is 9.34 Å². The van der Waals surface area contributed by atoms with Gasteiger partial charge in [0, 0.05) is 0 Å². The lowest BCUT2D eigenvalue weighted by Gasteiger charge is -2.28. The Labute approximate surface area is 69.8 Å². The van der Waals surface area contributed by atoms with Crippen LogP contribution in [-0.4, -0.2) is 56.0 Å². The average Bonchev–Trinajstić information content (AvgIpc) is 1.84. The number of rotatable bonds is 2. The molecule has 0 aliphatic rings. The van der Waals surface area contributed by atoms with E-state index in [9.17, 15) is 0 Å². The van der Waals surface area contributed by atoms with Gasteiger partial charge in [0.15, 0.2) is 0 Å². The van der Waals surface area contributed by atoms with Gasteiger partial charge in [0.25, 0.3) is 0 Å². The van der Waals surface area contributed by atoms with Crippen LogP contribution in [0.4, 0.5) is 0 Å². The lowest BCUT2D eigenvalue weighted by atomic mass is 11.3. The Hall–Kier alpha value is 0.110. The Morgan fingerprint density at radius 2 is 1.27 bits per heavy atom. The van der Waals surface area contributed by atoms with Gasteiger partial charge in [-0.05, 0) is 28.2 Å². The molecule has 0 fully saturated rings. The lowest BCUT2D eigenvalue weighted by Crippen LogP contribution is -2.31. The molecule has 0 saturated carbocycles. The minimum absolute atomic E-state index is 1.69. The quantitative estimate of drug-likeness (QED) is 0.619. The Kier molecular flexibility index (Phi) is 3.71. The molecule has 4 nitrogen and oxygen atoms in total. The van der Waals surface area contributed by atoms with E-state index in [0.29, 0.717) is 0 Å². The maximum Gasteiger partial charge on any atom is 0.305 e. The maximum absolute atomic E-state index is 6.22. The zero-order valence-corrected chi connectivity index (χ0v) is 9.26. The van der Waals surface area contributed by atoms with E-state index in [0.717, 1.165) is 0 Å². The van der Waals surface area contributed by atoms with Gasteiger partial charge in [0.1, 0.15) is 14.1 Å². The molecule has 0 heterocycles. The minimum atomic E-state index is -1.69. The van der Waals surface area contributed by atoms with E-state index in [4.69, 9.17) is 5.50 Å². The van der Waals surface area contributed by atoms with E-state index in [1.165, 1.54) is 0 Å². The molecule has 0 atom stereocenters. The van der Waals surface area contributed by atoms with E-state index in [2.05, 4.69) is 13.7 Å². The fourth-order valence-corrected chi connectivity index (χ4v) is 3.22. The first-order valence-electron chi connectivity index (χ1n) is 3.54. The first-order valence-corrected chi connectivity index (χ1v) is 5.26. The third-order valence-corrected chi connectivity index (χ3v) is 5.30. The van der Waals surface area contributed by atoms with Gasteiger partial charge >= 0.3 is 7.51 Å². The van der Waals surface area contributed by atoms with Gasteiger partial charge < -0.3 is 0 Å². The molecule has 0 spiro atoms. The van der Waals surface area contributed by atoms with Gasteiger partial charge in [-0.15, -0.1) is 0 Å². The number of hydrogen-bond acceptors (Lipinski definition) is 0. The van der Waals surface area contributed by atoms with Crippen molar-refractivity contribution in [3.05, 3.63) is 0 Å². The molecule has 0 aromatic rings. The fraction of sp³-hybridized carbons (Fsp3) is 1.00. The molecule has 11 heavy (non-hydrogen) atoms. The highest BCUT2D eigenvalue weighted by molar-refractivity contribution is 7.56. The Morgan fingerprint density at radius 3 is 1.27 bits per heavy atom. The first kappa shape index (κ1) is 11.1. The summed E-state index contributed by atoms with van der Waals surface area (Å²) in [5.74, 6) is 0. The predicted molar refractivity (Wildman–Crippen MR) is 50.6 cm³/mol. The monoisotopic (exact) mass is 179 g/mol. The molecule has 0 radical (unpaired) electrons. The highest BCUT2D eigenvalue weighted by atomic mass is 31.2. The van der Waals surface area contributed by atoms with Gasteiger partial charge in [-0.1, -0.05) is 0 Å². The van der Waals surface area contributed by atoms with Crippen molar-refractivity contribution < 1.29 is 4.33 Å². The van der Waals surface area contributed by atoms with Crippen molar-refractivity contribution in [3.8, 4) is 0 Å². The van der Waals surface area contributed by atoms with E-state index in [-0.39, 0.29) is 0 Å². The SMILES string of the molecule is CN(C)P(N)(N(C)C)=[N+](C)C. The second-order valence-corrected chi connectivity index (χ2v) is 6.79. The third kappa shape index (κ3) is 2.03. The lowest BCUT2D eigenvalue weighted by molar-refractivity contribution is -0.450. The second-order valence-electron chi connectivity index (χ2n) is 3.16. The molecule has 0 aromatic heterocycles. The number of nitrogens with two attached hydrogens (primary N) is 1. The highest BCUT2D eigenvalue weighted by Gasteiger charge is 2.27. The van der Waals surface area contributed by atoms with Crippen LogP contribution in [0.2, 0.25) is 0 Å². The summed E-state index contributed by atoms with van der Waals surface area (Å²) in [6.07, 6.45) is 0. The minimum Gasteiger partial charge on any atom is -0.237 e. The number of nitrogens with zero attached hydrogens (tertiary/aromatic N) is 3. The molecule has 0 saturated heterocycles. The summed E-state index contributed by atoms with van der Waals surface area (Å²) in [6, 6.07) is 0. The molecule has 0 aromatic carbocycles. The van der Waals surface area contributed by atoms with Gasteiger partial charge in [-0.2, -0.15) is 0 Å². The Bertz CT molecular complexity index is 169. The van der Waals surface area contributed by atoms with Crippen LogP contribution in [0.5, 0.6) is 0 Å². The molecule has 0 bridgehead atoms. The molecule has 0 amide bonds. The summed E-state index contributed by atoms with van der Waals surface area (Å²) in [7, 11) is 10.4. The van der Waals surface area contributed by atoms with Crippen LogP contribution in [0, 0.1) is 0 Å². The summed E-state index contributed by atoms with van der Waals surface area (Å²) in [5.41, 5.74) is 6.22. The van der Waals surface area contributed by atoms with Crippen molar-refractivity contribution in [3.63, 3.8) is 0 Å². The first-order chi connectivity index (χ1) is 4.83. The molecule has 5 heteroatoms. The van der Waals surface area contributed by atoms with Gasteiger partial charge in [0.2, 0.25) is 0 Å². The molecular weight excluding hydrogens is 159 g/mol. The smallest absolute Gasteiger partial charge is 0.237 e. The average molecular weight is 179 g/mol. The van der Waals surface area contributed by atoms with Crippen molar-refractivity contribution in [2.75, 3.05) is 42.3 Å². The van der Waals surface area contributed by atoms with Gasteiger partial charge in [-0.3, -0.25) is 0 Å². The van der Waals surface area contributed by atoms with Crippen molar-refractivity contribution in [2.45, 2.75) is 0 Å². The Balaban J connectivity index is 5.02. The molecule has 0 unspecified atom stereocenters. The second kappa shape index (κ2) is 3.68. The van der Waals surface area contributed by atoms with Gasteiger partial charge in [0.05, 0.1) is 0 Å². The molecule has 68 valence electrons. The van der Waals surface area contributed by atoms with Crippen LogP contribution < -0.4 is 5.50 Å². The molecule has 0 aliphatic heterocycles. The largest absolute Gasteiger partial charge is 0.305 e. The summed E-state index contributed by atoms with van der Waals surface area (Å²) < 4.78 is 6.23. The normalized spacial score (nSPS) is 12.8. The summed E-state index contributed by atoms with van der Waals surface area (Å²) >= 11 is 0. The van der Waals surface area contributed by atoms with Gasteiger partial charge in [-0.25, -0.2) is 19.2 Å². The van der Waals surface area contributed by atoms with Crippen molar-refractivity contribution in [2.24, 2.45) is 5.50 Å². The third-order valence-electron chi connectivity index (χ3n) is 1.77. The van der Waals surface area contributed by atoms with Crippen LogP contribution in [0.3, 0.4) is 0 Å². The van der Waals surface area contributed by atoms with Crippen LogP contribution in [-0.2, 0) is 0 Å². The van der Waals surface area contributed by atoms with E-state index >= 15 is 0 Å². The Morgan fingerprint density at radius 1 is 1.00 bits per heavy atom. The van der Waals surface area contributed by atoms with Crippen LogP contribution in [0.15, 0.2) is 0 Å². The van der Waals surface area contributed by atoms with Crippen LogP contribution in [0.25, 0.3) is 0 Å². The van der Waals surface area contributed by atoms with E-state index in [1.807, 2.05) is 42.3 Å². The number of hydrogen-bond donors (Lipinski definition) is 1. The molecule has 0 rings (SSSR count). The summed E-state index contributed by atoms with van der Waals surface area (Å²) in [5, 5.41) is 0. The van der Waals surface area contributed by atoms with Crippen molar-refractivity contribution in [1.29, 1.82) is 0 Å². The van der Waals surface area contributed by atoms with Crippen LogP contribution >= 0.6 is 7.51 Å². The predicted octanol–water partition coefficient (Wildman–Crippen LogP) is 0.287. The summed E-state index contributed by atoms with van der Waals surface area (Å²) in [6.45, 7) is 0. The van der Waals surface area contributed by atoms with E-state index in [1.54, 1.807) is 0 Å². The highest BCUT2D eigenvalue weighted by Crippen LogP contribution is 2.42. The topological polar surface area (TPSA) is 35.5 Å². The molecular formula is C6H20N4P+. The molecule has 2 N–H and O–H groups in total. The fourth-order valence-electron chi connectivity index (χ4n) is 1.07. The standard InChI is InChI=1S/C6H19N4P/c1-8(2)11(7,9(3)4)10(5)6/h7H,1-6H3/p+1. The van der Waals surface area contributed by atoms with Crippen LogP contribution in [0.1, 0.15) is 0 Å². The van der Waals surface area contributed by atoms with E-state index < -0.39 is 7.51 Å². The maximum atomic E-state index is 6.22. The zero-order chi connectivity index (χ0) is 9.23.